The van der Waals surface area contributed by atoms with Crippen molar-refractivity contribution in [2.75, 3.05) is 25.4 Å². The molecule has 0 bridgehead atoms. The predicted molar refractivity (Wildman–Crippen MR) is 113 cm³/mol. The molecule has 2 N–H and O–H groups in total. The smallest absolute Gasteiger partial charge is 0.318 e. The molecular formula is C23H29FN4O. The Balaban J connectivity index is 1.42. The number of hydrogen-bond acceptors (Lipinski definition) is 5. The van der Waals surface area contributed by atoms with Gasteiger partial charge in [-0.25, -0.2) is 4.39 Å². The number of benzene rings is 1. The average molecular weight is 397 g/mol. The molecule has 1 atom stereocenters. The van der Waals surface area contributed by atoms with E-state index in [2.05, 4.69) is 52.1 Å². The number of halogens is 1. The average Bonchev–Trinajstić information content (AvgIpc) is 3.30. The molecule has 5 nitrogen and oxygen atoms in total. The monoisotopic (exact) mass is 396 g/mol. The molecule has 1 aliphatic carbocycles. The molecule has 0 saturated carbocycles. The van der Waals surface area contributed by atoms with Gasteiger partial charge in [-0.2, -0.15) is 9.97 Å². The Morgan fingerprint density at radius 1 is 1.21 bits per heavy atom. The highest BCUT2D eigenvalue weighted by Crippen LogP contribution is 2.32. The minimum Gasteiger partial charge on any atom is -0.463 e. The molecule has 0 spiro atoms. The van der Waals surface area contributed by atoms with E-state index in [0.717, 1.165) is 50.0 Å². The van der Waals surface area contributed by atoms with E-state index in [1.807, 2.05) is 0 Å². The maximum atomic E-state index is 13.4. The third-order valence-corrected chi connectivity index (χ3v) is 5.64. The standard InChI is InChI=1S/C23H29FN4O/c1-2-3-12-29-23-26-21-18(8-9-20(21)22(25)27-23)13-16-4-6-17(7-5-16)14-28-11-10-19(24)15-28/h4-8,19H,2-3,9-15H2,1H3,(H2,25,26,27). The van der Waals surface area contributed by atoms with Gasteiger partial charge in [-0.15, -0.1) is 0 Å². The summed E-state index contributed by atoms with van der Waals surface area (Å²) < 4.78 is 19.0. The summed E-state index contributed by atoms with van der Waals surface area (Å²) in [6, 6.07) is 8.96. The summed E-state index contributed by atoms with van der Waals surface area (Å²) in [5.41, 5.74) is 11.7. The number of likely N-dealkylation sites (tertiary alicyclic amines) is 1. The molecule has 154 valence electrons. The summed E-state index contributed by atoms with van der Waals surface area (Å²) in [6.45, 7) is 4.94. The topological polar surface area (TPSA) is 64.3 Å². The minimum absolute atomic E-state index is 0.370. The number of alkyl halides is 1. The summed E-state index contributed by atoms with van der Waals surface area (Å²) in [5, 5.41) is 0. The largest absolute Gasteiger partial charge is 0.463 e. The van der Waals surface area contributed by atoms with Crippen molar-refractivity contribution in [1.29, 1.82) is 0 Å². The van der Waals surface area contributed by atoms with Gasteiger partial charge < -0.3 is 10.5 Å². The molecule has 6 heteroatoms. The second-order valence-corrected chi connectivity index (χ2v) is 7.97. The SMILES string of the molecule is CCCCOc1nc(N)c2c(n1)C(Cc1ccc(CN3CCC(F)C3)cc1)=CC2. The zero-order chi connectivity index (χ0) is 20.2. The van der Waals surface area contributed by atoms with Crippen molar-refractivity contribution in [3.8, 4) is 6.01 Å². The number of aromatic nitrogens is 2. The molecular weight excluding hydrogens is 367 g/mol. The fraction of sp³-hybridized carbons (Fsp3) is 0.478. The Labute approximate surface area is 171 Å². The molecule has 0 amide bonds. The lowest BCUT2D eigenvalue weighted by atomic mass is 10.0. The summed E-state index contributed by atoms with van der Waals surface area (Å²) in [4.78, 5) is 11.1. The number of nitrogens with two attached hydrogens (primary N) is 1. The third-order valence-electron chi connectivity index (χ3n) is 5.64. The van der Waals surface area contributed by atoms with E-state index in [4.69, 9.17) is 10.5 Å². The lowest BCUT2D eigenvalue weighted by Crippen LogP contribution is -2.20. The first-order valence-electron chi connectivity index (χ1n) is 10.5. The van der Waals surface area contributed by atoms with Gasteiger partial charge in [-0.3, -0.25) is 4.90 Å². The van der Waals surface area contributed by atoms with Gasteiger partial charge in [0.05, 0.1) is 12.3 Å². The quantitative estimate of drug-likeness (QED) is 0.684. The highest BCUT2D eigenvalue weighted by Gasteiger charge is 2.22. The normalized spacial score (nSPS) is 18.7. The van der Waals surface area contributed by atoms with Crippen LogP contribution in [0.1, 0.15) is 48.6 Å². The lowest BCUT2D eigenvalue weighted by molar-refractivity contribution is 0.282. The first-order chi connectivity index (χ1) is 14.1. The predicted octanol–water partition coefficient (Wildman–Crippen LogP) is 3.96. The van der Waals surface area contributed by atoms with E-state index in [1.54, 1.807) is 0 Å². The molecule has 1 aromatic carbocycles. The van der Waals surface area contributed by atoms with Crippen LogP contribution in [-0.4, -0.2) is 40.7 Å². The molecule has 0 radical (unpaired) electrons. The van der Waals surface area contributed by atoms with Crippen LogP contribution in [0.5, 0.6) is 6.01 Å². The summed E-state index contributed by atoms with van der Waals surface area (Å²) in [6.07, 6.45) is 5.77. The molecule has 1 aliphatic heterocycles. The van der Waals surface area contributed by atoms with E-state index in [9.17, 15) is 4.39 Å². The number of nitrogens with zero attached hydrogens (tertiary/aromatic N) is 3. The van der Waals surface area contributed by atoms with Gasteiger partial charge in [-0.05, 0) is 42.4 Å². The van der Waals surface area contributed by atoms with Crippen LogP contribution in [0.2, 0.25) is 0 Å². The third kappa shape index (κ3) is 4.75. The number of allylic oxidation sites excluding steroid dienone is 2. The van der Waals surface area contributed by atoms with E-state index in [-0.39, 0.29) is 0 Å². The number of nitrogen functional groups attached to an aromatic ring is 1. The van der Waals surface area contributed by atoms with Crippen LogP contribution < -0.4 is 10.5 Å². The van der Waals surface area contributed by atoms with Crippen LogP contribution in [0.25, 0.3) is 5.57 Å². The lowest BCUT2D eigenvalue weighted by Gasteiger charge is -2.15. The number of fused-ring (bicyclic) bond motifs is 1. The zero-order valence-corrected chi connectivity index (χ0v) is 17.0. The van der Waals surface area contributed by atoms with E-state index in [0.29, 0.717) is 31.4 Å². The first kappa shape index (κ1) is 19.8. The number of ether oxygens (including phenoxy) is 1. The van der Waals surface area contributed by atoms with Crippen molar-refractivity contribution in [2.24, 2.45) is 0 Å². The summed E-state index contributed by atoms with van der Waals surface area (Å²) in [5.74, 6) is 0.514. The molecule has 1 aromatic heterocycles. The Hall–Kier alpha value is -2.47. The Morgan fingerprint density at radius 2 is 2.00 bits per heavy atom. The van der Waals surface area contributed by atoms with Crippen LogP contribution >= 0.6 is 0 Å². The van der Waals surface area contributed by atoms with Crippen LogP contribution in [0.15, 0.2) is 30.3 Å². The van der Waals surface area contributed by atoms with Gasteiger partial charge in [0.1, 0.15) is 12.0 Å². The van der Waals surface area contributed by atoms with Crippen molar-refractivity contribution < 1.29 is 9.13 Å². The second kappa shape index (κ2) is 8.91. The van der Waals surface area contributed by atoms with Crippen LogP contribution in [-0.2, 0) is 19.4 Å². The summed E-state index contributed by atoms with van der Waals surface area (Å²) in [7, 11) is 0. The van der Waals surface area contributed by atoms with E-state index < -0.39 is 6.17 Å². The van der Waals surface area contributed by atoms with Gasteiger partial charge in [0.15, 0.2) is 0 Å². The zero-order valence-electron chi connectivity index (χ0n) is 17.0. The van der Waals surface area contributed by atoms with E-state index in [1.165, 1.54) is 16.7 Å². The van der Waals surface area contributed by atoms with Crippen molar-refractivity contribution in [1.82, 2.24) is 14.9 Å². The van der Waals surface area contributed by atoms with Crippen LogP contribution in [0.3, 0.4) is 0 Å². The Bertz CT molecular complexity index is 881. The molecule has 2 aliphatic rings. The van der Waals surface area contributed by atoms with Gasteiger partial charge in [0.25, 0.3) is 0 Å². The van der Waals surface area contributed by atoms with Crippen LogP contribution in [0, 0.1) is 0 Å². The number of rotatable bonds is 8. The highest BCUT2D eigenvalue weighted by molar-refractivity contribution is 5.75. The van der Waals surface area contributed by atoms with Gasteiger partial charge in [0, 0.05) is 25.2 Å². The van der Waals surface area contributed by atoms with Crippen molar-refractivity contribution in [3.63, 3.8) is 0 Å². The summed E-state index contributed by atoms with van der Waals surface area (Å²) >= 11 is 0. The molecule has 2 heterocycles. The van der Waals surface area contributed by atoms with Gasteiger partial charge >= 0.3 is 6.01 Å². The number of unbranched alkanes of at least 4 members (excludes halogenated alkanes) is 1. The van der Waals surface area contributed by atoms with Gasteiger partial charge in [-0.1, -0.05) is 43.7 Å². The molecule has 2 aromatic rings. The number of hydrogen-bond donors (Lipinski definition) is 1. The first-order valence-corrected chi connectivity index (χ1v) is 10.5. The van der Waals surface area contributed by atoms with Crippen molar-refractivity contribution in [3.05, 3.63) is 52.7 Å². The maximum absolute atomic E-state index is 13.4. The molecule has 4 rings (SSSR count). The number of anilines is 1. The Kier molecular flexibility index (Phi) is 6.09. The fourth-order valence-corrected chi connectivity index (χ4v) is 3.97. The van der Waals surface area contributed by atoms with Crippen molar-refractivity contribution in [2.45, 2.75) is 51.7 Å². The molecule has 1 saturated heterocycles. The molecule has 29 heavy (non-hydrogen) atoms. The second-order valence-electron chi connectivity index (χ2n) is 7.97. The Morgan fingerprint density at radius 3 is 2.72 bits per heavy atom. The fourth-order valence-electron chi connectivity index (χ4n) is 3.97. The van der Waals surface area contributed by atoms with E-state index >= 15 is 0 Å². The van der Waals surface area contributed by atoms with Crippen LogP contribution in [0.4, 0.5) is 10.2 Å². The van der Waals surface area contributed by atoms with Gasteiger partial charge in [0.2, 0.25) is 0 Å². The van der Waals surface area contributed by atoms with Crippen molar-refractivity contribution >= 4 is 11.4 Å². The maximum Gasteiger partial charge on any atom is 0.318 e. The molecule has 1 unspecified atom stereocenters. The minimum atomic E-state index is -0.672. The molecule has 1 fully saturated rings. The highest BCUT2D eigenvalue weighted by atomic mass is 19.1.